The fraction of sp³-hybridized carbons (Fsp3) is 0.111. The minimum Gasteiger partial charge on any atom is -0.465 e. The lowest BCUT2D eigenvalue weighted by molar-refractivity contribution is 0.203. The van der Waals surface area contributed by atoms with Crippen molar-refractivity contribution in [1.82, 2.24) is 4.57 Å². The number of carboxylic acid groups (broad SMARTS) is 1. The minimum absolute atomic E-state index is 0.180. The first kappa shape index (κ1) is 17.0. The maximum Gasteiger partial charge on any atom is 0.412 e. The number of anilines is 1. The van der Waals surface area contributed by atoms with Gasteiger partial charge in [-0.3, -0.25) is 14.3 Å². The highest BCUT2D eigenvalue weighted by Gasteiger charge is 2.22. The molecule has 1 N–H and O–H groups in total. The second-order valence-electron chi connectivity index (χ2n) is 5.60. The Morgan fingerprint density at radius 3 is 2.40 bits per heavy atom. The lowest BCUT2D eigenvalue weighted by atomic mass is 9.98. The molecule has 1 aromatic heterocycles. The number of aromatic nitrogens is 1. The second-order valence-corrected chi connectivity index (χ2v) is 6.04. The molecule has 1 heterocycles. The molecular formula is C18H14ClFN2O3. The highest BCUT2D eigenvalue weighted by atomic mass is 35.5. The number of halogens is 2. The van der Waals surface area contributed by atoms with E-state index in [9.17, 15) is 19.1 Å². The third-order valence-corrected chi connectivity index (χ3v) is 4.30. The molecule has 0 saturated carbocycles. The lowest BCUT2D eigenvalue weighted by Crippen LogP contribution is -2.32. The summed E-state index contributed by atoms with van der Waals surface area (Å²) in [6.45, 7) is 0. The van der Waals surface area contributed by atoms with Crippen LogP contribution >= 0.6 is 11.6 Å². The van der Waals surface area contributed by atoms with Crippen LogP contribution in [0.4, 0.5) is 15.0 Å². The first-order valence-electron chi connectivity index (χ1n) is 7.36. The molecule has 3 rings (SSSR count). The van der Waals surface area contributed by atoms with Crippen molar-refractivity contribution in [2.75, 3.05) is 11.9 Å². The highest BCUT2D eigenvalue weighted by molar-refractivity contribution is 6.31. The van der Waals surface area contributed by atoms with Gasteiger partial charge in [-0.25, -0.2) is 9.18 Å². The summed E-state index contributed by atoms with van der Waals surface area (Å²) < 4.78 is 14.6. The van der Waals surface area contributed by atoms with Gasteiger partial charge in [-0.05, 0) is 35.9 Å². The summed E-state index contributed by atoms with van der Waals surface area (Å²) >= 11 is 6.09. The zero-order valence-corrected chi connectivity index (χ0v) is 14.2. The third kappa shape index (κ3) is 2.85. The van der Waals surface area contributed by atoms with Gasteiger partial charge in [-0.1, -0.05) is 23.7 Å². The molecular weight excluding hydrogens is 347 g/mol. The summed E-state index contributed by atoms with van der Waals surface area (Å²) in [5, 5.41) is 10.7. The average molecular weight is 361 g/mol. The van der Waals surface area contributed by atoms with Gasteiger partial charge in [0.2, 0.25) is 0 Å². The number of hydrogen-bond donors (Lipinski definition) is 1. The van der Waals surface area contributed by atoms with Crippen molar-refractivity contribution in [3.63, 3.8) is 0 Å². The maximum atomic E-state index is 13.3. The first-order valence-corrected chi connectivity index (χ1v) is 7.74. The molecule has 0 atom stereocenters. The molecule has 0 radical (unpaired) electrons. The van der Waals surface area contributed by atoms with Gasteiger partial charge in [-0.2, -0.15) is 0 Å². The summed E-state index contributed by atoms with van der Waals surface area (Å²) in [5.74, 6) is -0.233. The van der Waals surface area contributed by atoms with Gasteiger partial charge < -0.3 is 5.11 Å². The molecule has 0 aliphatic rings. The zero-order valence-electron chi connectivity index (χ0n) is 13.5. The number of fused-ring (bicyclic) bond motifs is 1. The van der Waals surface area contributed by atoms with Crippen molar-refractivity contribution in [3.8, 4) is 11.1 Å². The third-order valence-electron chi connectivity index (χ3n) is 4.06. The van der Waals surface area contributed by atoms with Crippen LogP contribution in [0.2, 0.25) is 5.02 Å². The van der Waals surface area contributed by atoms with E-state index in [-0.39, 0.29) is 11.4 Å². The fourth-order valence-electron chi connectivity index (χ4n) is 2.86. The Hall–Kier alpha value is -2.86. The van der Waals surface area contributed by atoms with Gasteiger partial charge in [0.25, 0.3) is 5.56 Å². The number of benzene rings is 2. The van der Waals surface area contributed by atoms with Gasteiger partial charge in [0.15, 0.2) is 0 Å². The SMILES string of the molecule is CN(C(=O)O)c1c(-c2ccc(F)cc2)c2cc(Cl)ccc2c(=O)n1C. The average Bonchev–Trinajstić information content (AvgIpc) is 2.58. The molecule has 1 amide bonds. The number of carbonyl (C=O) groups is 1. The van der Waals surface area contributed by atoms with E-state index in [1.54, 1.807) is 18.2 Å². The smallest absolute Gasteiger partial charge is 0.412 e. The first-order chi connectivity index (χ1) is 11.8. The van der Waals surface area contributed by atoms with E-state index in [0.717, 1.165) is 4.90 Å². The van der Waals surface area contributed by atoms with Crippen molar-refractivity contribution in [2.45, 2.75) is 0 Å². The van der Waals surface area contributed by atoms with Crippen LogP contribution in [0.3, 0.4) is 0 Å². The van der Waals surface area contributed by atoms with Crippen LogP contribution < -0.4 is 10.5 Å². The molecule has 0 spiro atoms. The zero-order chi connectivity index (χ0) is 18.3. The summed E-state index contributed by atoms with van der Waals surface area (Å²) in [5.41, 5.74) is 0.720. The monoisotopic (exact) mass is 360 g/mol. The van der Waals surface area contributed by atoms with Crippen LogP contribution in [-0.2, 0) is 7.05 Å². The molecule has 0 fully saturated rings. The quantitative estimate of drug-likeness (QED) is 0.748. The minimum atomic E-state index is -1.22. The van der Waals surface area contributed by atoms with E-state index in [2.05, 4.69) is 0 Å². The Balaban J connectivity index is 2.53. The van der Waals surface area contributed by atoms with Gasteiger partial charge in [0.05, 0.1) is 0 Å². The largest absolute Gasteiger partial charge is 0.465 e. The van der Waals surface area contributed by atoms with Crippen LogP contribution in [0.5, 0.6) is 0 Å². The van der Waals surface area contributed by atoms with E-state index < -0.39 is 11.9 Å². The van der Waals surface area contributed by atoms with E-state index in [1.165, 1.54) is 42.9 Å². The Morgan fingerprint density at radius 1 is 1.16 bits per heavy atom. The topological polar surface area (TPSA) is 62.5 Å². The molecule has 5 nitrogen and oxygen atoms in total. The molecule has 0 aliphatic heterocycles. The number of rotatable bonds is 2. The van der Waals surface area contributed by atoms with Crippen molar-refractivity contribution >= 4 is 34.3 Å². The van der Waals surface area contributed by atoms with Crippen LogP contribution in [0, 0.1) is 5.82 Å². The van der Waals surface area contributed by atoms with Gasteiger partial charge >= 0.3 is 6.09 Å². The molecule has 0 unspecified atom stereocenters. The van der Waals surface area contributed by atoms with Crippen LogP contribution in [0.1, 0.15) is 0 Å². The molecule has 0 aliphatic carbocycles. The number of amides is 1. The predicted octanol–water partition coefficient (Wildman–Crippen LogP) is 4.11. The molecule has 0 bridgehead atoms. The summed E-state index contributed by atoms with van der Waals surface area (Å²) in [6, 6.07) is 10.4. The van der Waals surface area contributed by atoms with Crippen LogP contribution in [-0.4, -0.2) is 22.8 Å². The fourth-order valence-corrected chi connectivity index (χ4v) is 3.03. The molecule has 0 saturated heterocycles. The Kier molecular flexibility index (Phi) is 4.22. The molecule has 128 valence electrons. The predicted molar refractivity (Wildman–Crippen MR) is 96.0 cm³/mol. The second kappa shape index (κ2) is 6.22. The molecule has 25 heavy (non-hydrogen) atoms. The van der Waals surface area contributed by atoms with Gasteiger partial charge in [0, 0.05) is 35.5 Å². The van der Waals surface area contributed by atoms with E-state index in [1.807, 2.05) is 0 Å². The Morgan fingerprint density at radius 2 is 1.80 bits per heavy atom. The van der Waals surface area contributed by atoms with E-state index in [0.29, 0.717) is 26.9 Å². The molecule has 2 aromatic carbocycles. The standard InChI is InChI=1S/C18H14ClFN2O3/c1-21-16(22(2)18(24)25)15(10-3-6-12(20)7-4-10)14-9-11(19)5-8-13(14)17(21)23/h3-9H,1-2H3,(H,24,25). The van der Waals surface area contributed by atoms with Crippen molar-refractivity contribution < 1.29 is 14.3 Å². The number of hydrogen-bond acceptors (Lipinski definition) is 2. The van der Waals surface area contributed by atoms with E-state index >= 15 is 0 Å². The molecule has 3 aromatic rings. The maximum absolute atomic E-state index is 13.3. The molecule has 7 heteroatoms. The van der Waals surface area contributed by atoms with Crippen LogP contribution in [0.15, 0.2) is 47.3 Å². The summed E-state index contributed by atoms with van der Waals surface area (Å²) in [4.78, 5) is 25.2. The number of nitrogens with zero attached hydrogens (tertiary/aromatic N) is 2. The Labute approximate surface area is 147 Å². The Bertz CT molecular complexity index is 1040. The van der Waals surface area contributed by atoms with Crippen molar-refractivity contribution in [1.29, 1.82) is 0 Å². The van der Waals surface area contributed by atoms with Crippen LogP contribution in [0.25, 0.3) is 21.9 Å². The van der Waals surface area contributed by atoms with Gasteiger partial charge in [0.1, 0.15) is 11.6 Å². The van der Waals surface area contributed by atoms with Crippen molar-refractivity contribution in [3.05, 3.63) is 63.7 Å². The summed E-state index contributed by atoms with van der Waals surface area (Å²) in [7, 11) is 2.85. The normalized spacial score (nSPS) is 10.9. The number of pyridine rings is 1. The van der Waals surface area contributed by atoms with Gasteiger partial charge in [-0.15, -0.1) is 0 Å². The highest BCUT2D eigenvalue weighted by Crippen LogP contribution is 2.36. The van der Waals surface area contributed by atoms with E-state index in [4.69, 9.17) is 11.6 Å². The lowest BCUT2D eigenvalue weighted by Gasteiger charge is -2.23. The summed E-state index contributed by atoms with van der Waals surface area (Å²) in [6.07, 6.45) is -1.22. The van der Waals surface area contributed by atoms with Crippen molar-refractivity contribution in [2.24, 2.45) is 7.05 Å².